The number of sulfonamides is 1. The van der Waals surface area contributed by atoms with Crippen LogP contribution in [0.25, 0.3) is 4.96 Å². The first-order chi connectivity index (χ1) is 9.97. The largest absolute Gasteiger partial charge is 0.279 e. The summed E-state index contributed by atoms with van der Waals surface area (Å²) >= 11 is 7.26. The quantitative estimate of drug-likeness (QED) is 0.788. The third-order valence-electron chi connectivity index (χ3n) is 2.82. The molecule has 0 aliphatic heterocycles. The summed E-state index contributed by atoms with van der Waals surface area (Å²) in [6.07, 6.45) is 1.62. The van der Waals surface area contributed by atoms with Crippen LogP contribution in [0.2, 0.25) is 5.15 Å². The molecule has 6 nitrogen and oxygen atoms in total. The van der Waals surface area contributed by atoms with Gasteiger partial charge in [-0.05, 0) is 19.1 Å². The molecule has 1 N–H and O–H groups in total. The standard InChI is InChI=1S/C12H11ClN4O2S2/c1-8-3-2-4-9(15-8)7-14-21(18,19)11-10(13)16-12-17(11)5-6-20-12/h2-6,14H,7H2,1H3. The summed E-state index contributed by atoms with van der Waals surface area (Å²) in [5.41, 5.74) is 1.47. The molecule has 0 atom stereocenters. The summed E-state index contributed by atoms with van der Waals surface area (Å²) in [6, 6.07) is 5.43. The topological polar surface area (TPSA) is 76.4 Å². The van der Waals surface area contributed by atoms with E-state index in [1.165, 1.54) is 15.7 Å². The van der Waals surface area contributed by atoms with Crippen molar-refractivity contribution in [3.63, 3.8) is 0 Å². The van der Waals surface area contributed by atoms with Crippen molar-refractivity contribution in [3.05, 3.63) is 46.3 Å². The molecule has 21 heavy (non-hydrogen) atoms. The molecule has 0 aliphatic carbocycles. The van der Waals surface area contributed by atoms with Crippen LogP contribution >= 0.6 is 22.9 Å². The average Bonchev–Trinajstić information content (AvgIpc) is 2.96. The van der Waals surface area contributed by atoms with Crippen LogP contribution in [0.15, 0.2) is 34.8 Å². The lowest BCUT2D eigenvalue weighted by Crippen LogP contribution is -2.25. The zero-order valence-corrected chi connectivity index (χ0v) is 13.3. The molecular formula is C12H11ClN4O2S2. The van der Waals surface area contributed by atoms with Gasteiger partial charge in [0.1, 0.15) is 0 Å². The van der Waals surface area contributed by atoms with E-state index in [0.717, 1.165) is 5.69 Å². The lowest BCUT2D eigenvalue weighted by molar-refractivity contribution is 0.575. The number of halogens is 1. The zero-order chi connectivity index (χ0) is 15.0. The summed E-state index contributed by atoms with van der Waals surface area (Å²) in [6.45, 7) is 1.94. The zero-order valence-electron chi connectivity index (χ0n) is 10.9. The summed E-state index contributed by atoms with van der Waals surface area (Å²) in [5, 5.41) is 1.67. The molecule has 0 radical (unpaired) electrons. The van der Waals surface area contributed by atoms with Gasteiger partial charge in [0.05, 0.1) is 12.2 Å². The Morgan fingerprint density at radius 2 is 2.19 bits per heavy atom. The van der Waals surface area contributed by atoms with Crippen LogP contribution in [-0.2, 0) is 16.6 Å². The van der Waals surface area contributed by atoms with Crippen molar-refractivity contribution in [1.82, 2.24) is 19.1 Å². The van der Waals surface area contributed by atoms with Crippen LogP contribution in [0, 0.1) is 6.92 Å². The van der Waals surface area contributed by atoms with Crippen LogP contribution in [0.1, 0.15) is 11.4 Å². The lowest BCUT2D eigenvalue weighted by Gasteiger charge is -2.06. The number of thiazole rings is 1. The minimum atomic E-state index is -3.77. The molecule has 3 aromatic heterocycles. The number of nitrogens with one attached hydrogen (secondary N) is 1. The molecule has 0 spiro atoms. The molecule has 0 saturated carbocycles. The second-order valence-electron chi connectivity index (χ2n) is 4.36. The molecule has 0 aromatic carbocycles. The third-order valence-corrected chi connectivity index (χ3v) is 5.38. The third kappa shape index (κ3) is 2.80. The van der Waals surface area contributed by atoms with E-state index in [4.69, 9.17) is 11.6 Å². The van der Waals surface area contributed by atoms with Crippen molar-refractivity contribution in [1.29, 1.82) is 0 Å². The monoisotopic (exact) mass is 342 g/mol. The number of fused-ring (bicyclic) bond motifs is 1. The second kappa shape index (κ2) is 5.38. The number of pyridine rings is 1. The number of nitrogens with zero attached hydrogens (tertiary/aromatic N) is 3. The van der Waals surface area contributed by atoms with E-state index in [9.17, 15) is 8.42 Å². The van der Waals surface area contributed by atoms with Gasteiger partial charge in [0.2, 0.25) is 0 Å². The second-order valence-corrected chi connectivity index (χ2v) is 7.27. The van der Waals surface area contributed by atoms with Gasteiger partial charge in [-0.25, -0.2) is 18.1 Å². The van der Waals surface area contributed by atoms with Gasteiger partial charge in [-0.1, -0.05) is 17.7 Å². The van der Waals surface area contributed by atoms with Gasteiger partial charge in [0.25, 0.3) is 10.0 Å². The van der Waals surface area contributed by atoms with E-state index in [1.807, 2.05) is 19.1 Å². The van der Waals surface area contributed by atoms with Crippen LogP contribution in [-0.4, -0.2) is 22.8 Å². The number of hydrogen-bond donors (Lipinski definition) is 1. The van der Waals surface area contributed by atoms with Crippen LogP contribution < -0.4 is 4.72 Å². The fraction of sp³-hybridized carbons (Fsp3) is 0.167. The molecular weight excluding hydrogens is 332 g/mol. The van der Waals surface area contributed by atoms with Gasteiger partial charge in [-0.15, -0.1) is 11.3 Å². The van der Waals surface area contributed by atoms with Gasteiger partial charge in [0, 0.05) is 17.3 Å². The van der Waals surface area contributed by atoms with Gasteiger partial charge in [-0.2, -0.15) is 0 Å². The summed E-state index contributed by atoms with van der Waals surface area (Å²) in [5.74, 6) is 0. The van der Waals surface area contributed by atoms with E-state index >= 15 is 0 Å². The molecule has 0 bridgehead atoms. The molecule has 0 aliphatic rings. The number of aromatic nitrogens is 3. The molecule has 110 valence electrons. The highest BCUT2D eigenvalue weighted by Crippen LogP contribution is 2.25. The van der Waals surface area contributed by atoms with E-state index < -0.39 is 10.0 Å². The first-order valence-electron chi connectivity index (χ1n) is 6.00. The number of rotatable bonds is 4. The minimum absolute atomic E-state index is 0.0356. The highest BCUT2D eigenvalue weighted by Gasteiger charge is 2.24. The first-order valence-corrected chi connectivity index (χ1v) is 8.75. The lowest BCUT2D eigenvalue weighted by atomic mass is 10.3. The van der Waals surface area contributed by atoms with E-state index in [1.54, 1.807) is 17.6 Å². The normalized spacial score (nSPS) is 12.1. The highest BCUT2D eigenvalue weighted by molar-refractivity contribution is 7.89. The number of aryl methyl sites for hydroxylation is 1. The van der Waals surface area contributed by atoms with Crippen LogP contribution in [0.3, 0.4) is 0 Å². The molecule has 9 heteroatoms. The molecule has 3 aromatic rings. The van der Waals surface area contributed by atoms with Crippen LogP contribution in [0.4, 0.5) is 0 Å². The van der Waals surface area contributed by atoms with Crippen molar-refractivity contribution < 1.29 is 8.42 Å². The van der Waals surface area contributed by atoms with Gasteiger partial charge < -0.3 is 0 Å². The maximum absolute atomic E-state index is 12.4. The van der Waals surface area contributed by atoms with Crippen molar-refractivity contribution in [2.24, 2.45) is 0 Å². The molecule has 0 amide bonds. The highest BCUT2D eigenvalue weighted by atomic mass is 35.5. The van der Waals surface area contributed by atoms with Crippen molar-refractivity contribution in [2.75, 3.05) is 0 Å². The number of hydrogen-bond acceptors (Lipinski definition) is 5. The molecule has 3 heterocycles. The molecule has 3 rings (SSSR count). The van der Waals surface area contributed by atoms with Crippen molar-refractivity contribution in [3.8, 4) is 0 Å². The Morgan fingerprint density at radius 1 is 1.38 bits per heavy atom. The first kappa shape index (κ1) is 14.5. The van der Waals surface area contributed by atoms with Gasteiger partial charge >= 0.3 is 0 Å². The molecule has 0 fully saturated rings. The maximum atomic E-state index is 12.4. The summed E-state index contributed by atoms with van der Waals surface area (Å²) in [7, 11) is -3.77. The Labute approximate surface area is 130 Å². The van der Waals surface area contributed by atoms with E-state index in [-0.39, 0.29) is 16.7 Å². The minimum Gasteiger partial charge on any atom is -0.279 e. The Hall–Kier alpha value is -1.48. The fourth-order valence-electron chi connectivity index (χ4n) is 1.91. The summed E-state index contributed by atoms with van der Waals surface area (Å²) < 4.78 is 28.8. The predicted molar refractivity (Wildman–Crippen MR) is 81.1 cm³/mol. The van der Waals surface area contributed by atoms with Crippen LogP contribution in [0.5, 0.6) is 0 Å². The van der Waals surface area contributed by atoms with Crippen molar-refractivity contribution >= 4 is 37.9 Å². The molecule has 0 unspecified atom stereocenters. The van der Waals surface area contributed by atoms with E-state index in [0.29, 0.717) is 10.7 Å². The average molecular weight is 343 g/mol. The Morgan fingerprint density at radius 3 is 2.95 bits per heavy atom. The van der Waals surface area contributed by atoms with Gasteiger partial charge in [0.15, 0.2) is 15.1 Å². The Balaban J connectivity index is 1.90. The van der Waals surface area contributed by atoms with Crippen molar-refractivity contribution in [2.45, 2.75) is 18.5 Å². The van der Waals surface area contributed by atoms with Gasteiger partial charge in [-0.3, -0.25) is 9.38 Å². The fourth-order valence-corrected chi connectivity index (χ4v) is 4.36. The Kier molecular flexibility index (Phi) is 3.70. The smallest absolute Gasteiger partial charge is 0.260 e. The number of imidazole rings is 1. The predicted octanol–water partition coefficient (Wildman–Crippen LogP) is 2.23. The SMILES string of the molecule is Cc1cccc(CNS(=O)(=O)c2c(Cl)nc3sccn23)n1. The Bertz CT molecular complexity index is 901. The summed E-state index contributed by atoms with van der Waals surface area (Å²) in [4.78, 5) is 8.81. The molecule has 0 saturated heterocycles. The maximum Gasteiger partial charge on any atom is 0.260 e. The van der Waals surface area contributed by atoms with E-state index in [2.05, 4.69) is 14.7 Å².